The molecule has 21 heavy (non-hydrogen) atoms. The van der Waals surface area contributed by atoms with E-state index in [2.05, 4.69) is 30.4 Å². The molecule has 0 saturated carbocycles. The Kier molecular flexibility index (Phi) is 4.99. The molecule has 0 saturated heterocycles. The Morgan fingerprint density at radius 2 is 1.90 bits per heavy atom. The first-order valence-electron chi connectivity index (χ1n) is 7.22. The number of hydrogen-bond acceptors (Lipinski definition) is 2. The number of hydrogen-bond donors (Lipinski definition) is 2. The molecule has 1 amide bonds. The van der Waals surface area contributed by atoms with Gasteiger partial charge in [0, 0.05) is 18.7 Å². The molecule has 0 aliphatic carbocycles. The fourth-order valence-corrected chi connectivity index (χ4v) is 2.30. The largest absolute Gasteiger partial charge is 0.399 e. The summed E-state index contributed by atoms with van der Waals surface area (Å²) in [6.07, 6.45) is 1.27. The monoisotopic (exact) mass is 282 g/mol. The fraction of sp³-hybridized carbons (Fsp3) is 0.278. The number of nitrogen functional groups attached to an aromatic ring is 1. The molecular weight excluding hydrogens is 260 g/mol. The first-order valence-corrected chi connectivity index (χ1v) is 7.22. The number of benzene rings is 2. The number of aryl methyl sites for hydroxylation is 2. The highest BCUT2D eigenvalue weighted by molar-refractivity contribution is 5.76. The minimum atomic E-state index is 0.0679. The van der Waals surface area contributed by atoms with Crippen molar-refractivity contribution in [2.75, 3.05) is 5.73 Å². The SMILES string of the molecule is Cc1cccc(CCC(=O)NCc2cccc(N)c2C)c1. The second kappa shape index (κ2) is 6.93. The van der Waals surface area contributed by atoms with Crippen LogP contribution in [0.4, 0.5) is 5.69 Å². The highest BCUT2D eigenvalue weighted by Crippen LogP contribution is 2.15. The van der Waals surface area contributed by atoms with Crippen molar-refractivity contribution in [3.05, 3.63) is 64.7 Å². The molecule has 0 aliphatic heterocycles. The van der Waals surface area contributed by atoms with E-state index in [1.165, 1.54) is 11.1 Å². The molecule has 2 rings (SSSR count). The number of anilines is 1. The number of nitrogens with two attached hydrogens (primary N) is 1. The molecule has 0 fully saturated rings. The van der Waals surface area contributed by atoms with Gasteiger partial charge >= 0.3 is 0 Å². The van der Waals surface area contributed by atoms with Crippen molar-refractivity contribution < 1.29 is 4.79 Å². The lowest BCUT2D eigenvalue weighted by atomic mass is 10.1. The van der Waals surface area contributed by atoms with Gasteiger partial charge in [0.15, 0.2) is 0 Å². The fourth-order valence-electron chi connectivity index (χ4n) is 2.30. The van der Waals surface area contributed by atoms with Crippen molar-refractivity contribution >= 4 is 11.6 Å². The van der Waals surface area contributed by atoms with Crippen LogP contribution in [0, 0.1) is 13.8 Å². The van der Waals surface area contributed by atoms with Gasteiger partial charge in [-0.2, -0.15) is 0 Å². The number of carbonyl (C=O) groups excluding carboxylic acids is 1. The first kappa shape index (κ1) is 15.1. The molecule has 0 aliphatic rings. The van der Waals surface area contributed by atoms with Crippen LogP contribution in [0.25, 0.3) is 0 Å². The molecule has 0 unspecified atom stereocenters. The summed E-state index contributed by atoms with van der Waals surface area (Å²) in [7, 11) is 0. The van der Waals surface area contributed by atoms with Gasteiger partial charge in [-0.3, -0.25) is 4.79 Å². The molecule has 0 bridgehead atoms. The van der Waals surface area contributed by atoms with E-state index in [1.54, 1.807) is 0 Å². The smallest absolute Gasteiger partial charge is 0.220 e. The second-order valence-corrected chi connectivity index (χ2v) is 5.40. The van der Waals surface area contributed by atoms with Gasteiger partial charge in [0.25, 0.3) is 0 Å². The van der Waals surface area contributed by atoms with Crippen LogP contribution in [0.5, 0.6) is 0 Å². The van der Waals surface area contributed by atoms with E-state index in [9.17, 15) is 4.79 Å². The molecule has 0 heterocycles. The summed E-state index contributed by atoms with van der Waals surface area (Å²) >= 11 is 0. The van der Waals surface area contributed by atoms with Crippen LogP contribution in [0.1, 0.15) is 28.7 Å². The molecule has 3 nitrogen and oxygen atoms in total. The Bertz CT molecular complexity index is 635. The molecule has 110 valence electrons. The third-order valence-electron chi connectivity index (χ3n) is 3.69. The molecule has 3 heteroatoms. The first-order chi connectivity index (χ1) is 10.1. The van der Waals surface area contributed by atoms with Crippen LogP contribution in [0.2, 0.25) is 0 Å². The second-order valence-electron chi connectivity index (χ2n) is 5.40. The Hall–Kier alpha value is -2.29. The minimum Gasteiger partial charge on any atom is -0.399 e. The van der Waals surface area contributed by atoms with E-state index >= 15 is 0 Å². The summed E-state index contributed by atoms with van der Waals surface area (Å²) in [5.41, 5.74) is 11.2. The quantitative estimate of drug-likeness (QED) is 0.828. The zero-order valence-electron chi connectivity index (χ0n) is 12.6. The maximum atomic E-state index is 11.9. The average Bonchev–Trinajstić information content (AvgIpc) is 2.47. The number of nitrogens with one attached hydrogen (secondary N) is 1. The third-order valence-corrected chi connectivity index (χ3v) is 3.69. The Morgan fingerprint density at radius 1 is 1.14 bits per heavy atom. The lowest BCUT2D eigenvalue weighted by Gasteiger charge is -2.10. The molecule has 0 aromatic heterocycles. The normalized spacial score (nSPS) is 10.4. The molecule has 0 atom stereocenters. The topological polar surface area (TPSA) is 55.1 Å². The summed E-state index contributed by atoms with van der Waals surface area (Å²) in [6, 6.07) is 14.0. The molecule has 3 N–H and O–H groups in total. The molecular formula is C18H22N2O. The number of rotatable bonds is 5. The highest BCUT2D eigenvalue weighted by Gasteiger charge is 2.05. The summed E-state index contributed by atoms with van der Waals surface area (Å²) in [5, 5.41) is 2.96. The van der Waals surface area contributed by atoms with E-state index in [4.69, 9.17) is 5.73 Å². The van der Waals surface area contributed by atoms with Gasteiger partial charge in [0.05, 0.1) is 0 Å². The van der Waals surface area contributed by atoms with Crippen molar-refractivity contribution in [3.63, 3.8) is 0 Å². The lowest BCUT2D eigenvalue weighted by Crippen LogP contribution is -2.23. The summed E-state index contributed by atoms with van der Waals surface area (Å²) in [5.74, 6) is 0.0679. The van der Waals surface area contributed by atoms with Crippen LogP contribution in [-0.2, 0) is 17.8 Å². The van der Waals surface area contributed by atoms with Crippen molar-refractivity contribution in [2.24, 2.45) is 0 Å². The van der Waals surface area contributed by atoms with Gasteiger partial charge in [0.1, 0.15) is 0 Å². The Morgan fingerprint density at radius 3 is 2.67 bits per heavy atom. The maximum absolute atomic E-state index is 11.9. The van der Waals surface area contributed by atoms with Crippen molar-refractivity contribution in [2.45, 2.75) is 33.2 Å². The Balaban J connectivity index is 1.84. The van der Waals surface area contributed by atoms with E-state index in [-0.39, 0.29) is 5.91 Å². The molecule has 2 aromatic rings. The standard InChI is InChI=1S/C18H22N2O/c1-13-5-3-6-15(11-13)9-10-18(21)20-12-16-7-4-8-17(19)14(16)2/h3-8,11H,9-10,12,19H2,1-2H3,(H,20,21). The Labute approximate surface area is 126 Å². The summed E-state index contributed by atoms with van der Waals surface area (Å²) in [6.45, 7) is 4.57. The molecule has 0 spiro atoms. The van der Waals surface area contributed by atoms with Crippen molar-refractivity contribution in [1.82, 2.24) is 5.32 Å². The van der Waals surface area contributed by atoms with Crippen LogP contribution >= 0.6 is 0 Å². The zero-order chi connectivity index (χ0) is 15.2. The van der Waals surface area contributed by atoms with Gasteiger partial charge in [0.2, 0.25) is 5.91 Å². The van der Waals surface area contributed by atoms with Gasteiger partial charge in [-0.15, -0.1) is 0 Å². The van der Waals surface area contributed by atoms with Crippen LogP contribution in [0.3, 0.4) is 0 Å². The number of carbonyl (C=O) groups is 1. The van der Waals surface area contributed by atoms with E-state index in [0.29, 0.717) is 13.0 Å². The van der Waals surface area contributed by atoms with Crippen LogP contribution in [-0.4, -0.2) is 5.91 Å². The molecule has 2 aromatic carbocycles. The average molecular weight is 282 g/mol. The maximum Gasteiger partial charge on any atom is 0.220 e. The van der Waals surface area contributed by atoms with E-state index < -0.39 is 0 Å². The lowest BCUT2D eigenvalue weighted by molar-refractivity contribution is -0.121. The zero-order valence-corrected chi connectivity index (χ0v) is 12.6. The van der Waals surface area contributed by atoms with Gasteiger partial charge in [-0.25, -0.2) is 0 Å². The predicted octanol–water partition coefficient (Wildman–Crippen LogP) is 3.13. The highest BCUT2D eigenvalue weighted by atomic mass is 16.1. The van der Waals surface area contributed by atoms with Crippen LogP contribution in [0.15, 0.2) is 42.5 Å². The van der Waals surface area contributed by atoms with Gasteiger partial charge in [-0.1, -0.05) is 42.0 Å². The van der Waals surface area contributed by atoms with E-state index in [1.807, 2.05) is 31.2 Å². The summed E-state index contributed by atoms with van der Waals surface area (Å²) in [4.78, 5) is 11.9. The summed E-state index contributed by atoms with van der Waals surface area (Å²) < 4.78 is 0. The van der Waals surface area contributed by atoms with Gasteiger partial charge < -0.3 is 11.1 Å². The van der Waals surface area contributed by atoms with Crippen molar-refractivity contribution in [3.8, 4) is 0 Å². The minimum absolute atomic E-state index is 0.0679. The van der Waals surface area contributed by atoms with Crippen molar-refractivity contribution in [1.29, 1.82) is 0 Å². The molecule has 0 radical (unpaired) electrons. The van der Waals surface area contributed by atoms with E-state index in [0.717, 1.165) is 23.2 Å². The van der Waals surface area contributed by atoms with Crippen LogP contribution < -0.4 is 11.1 Å². The third kappa shape index (κ3) is 4.35. The number of amides is 1. The predicted molar refractivity (Wildman–Crippen MR) is 86.9 cm³/mol. The van der Waals surface area contributed by atoms with Gasteiger partial charge in [-0.05, 0) is 43.0 Å².